The number of nitrogens with one attached hydrogen (secondary N) is 2. The van der Waals surface area contributed by atoms with Crippen molar-refractivity contribution in [2.45, 2.75) is 24.9 Å². The highest BCUT2D eigenvalue weighted by Gasteiger charge is 2.34. The highest BCUT2D eigenvalue weighted by atomic mass is 16.4. The minimum atomic E-state index is -1.10. The number of aromatic nitrogens is 3. The van der Waals surface area contributed by atoms with Crippen LogP contribution in [0.25, 0.3) is 0 Å². The maximum atomic E-state index is 12.0. The number of rotatable bonds is 3. The molecule has 114 valence electrons. The summed E-state index contributed by atoms with van der Waals surface area (Å²) in [5, 5.41) is 22.4. The van der Waals surface area contributed by atoms with E-state index < -0.39 is 5.97 Å². The molecule has 1 aromatic heterocycles. The quantitative estimate of drug-likeness (QED) is 0.679. The van der Waals surface area contributed by atoms with E-state index in [0.717, 1.165) is 25.9 Å². The summed E-state index contributed by atoms with van der Waals surface area (Å²) in [5.41, 5.74) is -0.0763. The van der Waals surface area contributed by atoms with Crippen LogP contribution < -0.4 is 10.6 Å². The van der Waals surface area contributed by atoms with Crippen LogP contribution >= 0.6 is 0 Å². The topological polar surface area (TPSA) is 112 Å². The van der Waals surface area contributed by atoms with Crippen molar-refractivity contribution in [3.8, 4) is 0 Å². The molecule has 3 N–H and O–H groups in total. The lowest BCUT2D eigenvalue weighted by molar-refractivity contribution is 0.0690. The van der Waals surface area contributed by atoms with Crippen LogP contribution in [0.3, 0.4) is 0 Å². The number of hydrogen-bond acceptors (Lipinski definition) is 5. The minimum absolute atomic E-state index is 0.00405. The van der Waals surface area contributed by atoms with Crippen molar-refractivity contribution in [3.63, 3.8) is 0 Å². The van der Waals surface area contributed by atoms with Gasteiger partial charge in [0, 0.05) is 19.1 Å². The normalized spacial score (nSPS) is 20.1. The van der Waals surface area contributed by atoms with Gasteiger partial charge in [-0.25, -0.2) is 14.3 Å². The molecule has 9 nitrogen and oxygen atoms in total. The van der Waals surface area contributed by atoms with Gasteiger partial charge in [-0.1, -0.05) is 5.21 Å². The van der Waals surface area contributed by atoms with E-state index in [4.69, 9.17) is 5.11 Å². The molecule has 0 unspecified atom stereocenters. The Morgan fingerprint density at radius 2 is 2.05 bits per heavy atom. The first kappa shape index (κ1) is 13.8. The second-order valence-electron chi connectivity index (χ2n) is 5.42. The van der Waals surface area contributed by atoms with Crippen molar-refractivity contribution in [2.24, 2.45) is 0 Å². The van der Waals surface area contributed by atoms with E-state index in [9.17, 15) is 9.59 Å². The van der Waals surface area contributed by atoms with Gasteiger partial charge in [-0.3, -0.25) is 0 Å². The van der Waals surface area contributed by atoms with Crippen molar-refractivity contribution < 1.29 is 14.7 Å². The van der Waals surface area contributed by atoms with E-state index in [1.807, 2.05) is 0 Å². The molecule has 2 amide bonds. The van der Waals surface area contributed by atoms with Crippen molar-refractivity contribution in [1.29, 1.82) is 0 Å². The summed E-state index contributed by atoms with van der Waals surface area (Å²) in [6.07, 6.45) is 3.30. The molecule has 0 radical (unpaired) electrons. The predicted molar refractivity (Wildman–Crippen MR) is 72.0 cm³/mol. The zero-order chi connectivity index (χ0) is 14.8. The van der Waals surface area contributed by atoms with Gasteiger partial charge < -0.3 is 20.6 Å². The number of nitrogens with zero attached hydrogens (tertiary/aromatic N) is 4. The van der Waals surface area contributed by atoms with Crippen LogP contribution in [-0.2, 0) is 0 Å². The molecular weight excluding hydrogens is 276 g/mol. The molecule has 0 spiro atoms. The van der Waals surface area contributed by atoms with E-state index in [1.54, 1.807) is 4.90 Å². The zero-order valence-electron chi connectivity index (χ0n) is 11.5. The minimum Gasteiger partial charge on any atom is -0.476 e. The van der Waals surface area contributed by atoms with Gasteiger partial charge in [0.15, 0.2) is 5.69 Å². The summed E-state index contributed by atoms with van der Waals surface area (Å²) in [6, 6.07) is 0.184. The van der Waals surface area contributed by atoms with Crippen LogP contribution in [0.1, 0.15) is 29.4 Å². The molecule has 2 fully saturated rings. The summed E-state index contributed by atoms with van der Waals surface area (Å²) < 4.78 is 1.51. The number of amides is 2. The van der Waals surface area contributed by atoms with E-state index in [-0.39, 0.29) is 23.8 Å². The van der Waals surface area contributed by atoms with Gasteiger partial charge in [0.1, 0.15) is 0 Å². The second-order valence-corrected chi connectivity index (χ2v) is 5.42. The van der Waals surface area contributed by atoms with Gasteiger partial charge in [-0.15, -0.1) is 5.10 Å². The third kappa shape index (κ3) is 2.97. The lowest BCUT2D eigenvalue weighted by Gasteiger charge is -2.39. The Labute approximate surface area is 121 Å². The first-order valence-corrected chi connectivity index (χ1v) is 7.05. The second kappa shape index (κ2) is 5.68. The number of carbonyl (C=O) groups is 2. The zero-order valence-corrected chi connectivity index (χ0v) is 11.5. The Hall–Kier alpha value is -2.16. The van der Waals surface area contributed by atoms with Crippen LogP contribution in [0.2, 0.25) is 0 Å². The third-order valence-electron chi connectivity index (χ3n) is 3.92. The SMILES string of the molecule is O=C(O)c1cn(C2CN(C(=O)NC3CCNCC3)C2)nn1. The van der Waals surface area contributed by atoms with Crippen LogP contribution in [0.4, 0.5) is 4.79 Å². The summed E-state index contributed by atoms with van der Waals surface area (Å²) in [4.78, 5) is 24.5. The molecule has 0 saturated carbocycles. The first-order chi connectivity index (χ1) is 10.1. The Morgan fingerprint density at radius 3 is 2.67 bits per heavy atom. The van der Waals surface area contributed by atoms with Gasteiger partial charge in [0.2, 0.25) is 0 Å². The van der Waals surface area contributed by atoms with E-state index >= 15 is 0 Å². The number of carboxylic acids is 1. The highest BCUT2D eigenvalue weighted by Crippen LogP contribution is 2.20. The smallest absolute Gasteiger partial charge is 0.358 e. The maximum Gasteiger partial charge on any atom is 0.358 e. The number of urea groups is 1. The number of aromatic carboxylic acids is 1. The molecule has 3 heterocycles. The number of hydrogen-bond donors (Lipinski definition) is 3. The largest absolute Gasteiger partial charge is 0.476 e. The average Bonchev–Trinajstić information content (AvgIpc) is 2.88. The molecule has 0 atom stereocenters. The van der Waals surface area contributed by atoms with Crippen molar-refractivity contribution >= 4 is 12.0 Å². The van der Waals surface area contributed by atoms with Crippen LogP contribution in [0.15, 0.2) is 6.20 Å². The number of carboxylic acid groups (broad SMARTS) is 1. The van der Waals surface area contributed by atoms with Crippen LogP contribution in [0.5, 0.6) is 0 Å². The fraction of sp³-hybridized carbons (Fsp3) is 0.667. The summed E-state index contributed by atoms with van der Waals surface area (Å²) >= 11 is 0. The molecule has 2 saturated heterocycles. The van der Waals surface area contributed by atoms with Gasteiger partial charge in [-0.2, -0.15) is 0 Å². The van der Waals surface area contributed by atoms with E-state index in [1.165, 1.54) is 10.9 Å². The van der Waals surface area contributed by atoms with Gasteiger partial charge in [0.05, 0.1) is 12.2 Å². The van der Waals surface area contributed by atoms with Crippen LogP contribution in [-0.4, -0.2) is 69.2 Å². The lowest BCUT2D eigenvalue weighted by Crippen LogP contribution is -2.57. The molecular formula is C12H18N6O3. The fourth-order valence-electron chi connectivity index (χ4n) is 2.57. The maximum absolute atomic E-state index is 12.0. The summed E-state index contributed by atoms with van der Waals surface area (Å²) in [7, 11) is 0. The number of likely N-dealkylation sites (tertiary alicyclic amines) is 1. The lowest BCUT2D eigenvalue weighted by atomic mass is 10.1. The number of carbonyl (C=O) groups excluding carboxylic acids is 1. The monoisotopic (exact) mass is 294 g/mol. The standard InChI is InChI=1S/C12H18N6O3/c19-11(20)10-7-18(16-15-10)9-5-17(6-9)12(21)14-8-1-3-13-4-2-8/h7-9,13H,1-6H2,(H,14,21)(H,19,20). The predicted octanol–water partition coefficient (Wildman–Crippen LogP) is -0.705. The Morgan fingerprint density at radius 1 is 1.33 bits per heavy atom. The van der Waals surface area contributed by atoms with Crippen molar-refractivity contribution in [2.75, 3.05) is 26.2 Å². The molecule has 21 heavy (non-hydrogen) atoms. The van der Waals surface area contributed by atoms with Crippen molar-refractivity contribution in [1.82, 2.24) is 30.5 Å². The van der Waals surface area contributed by atoms with E-state index in [2.05, 4.69) is 20.9 Å². The third-order valence-corrected chi connectivity index (χ3v) is 3.92. The van der Waals surface area contributed by atoms with Crippen LogP contribution in [0, 0.1) is 0 Å². The van der Waals surface area contributed by atoms with Gasteiger partial charge in [-0.05, 0) is 25.9 Å². The summed E-state index contributed by atoms with van der Waals surface area (Å²) in [5.74, 6) is -1.10. The Bertz CT molecular complexity index is 533. The van der Waals surface area contributed by atoms with Gasteiger partial charge >= 0.3 is 12.0 Å². The highest BCUT2D eigenvalue weighted by molar-refractivity contribution is 5.84. The van der Waals surface area contributed by atoms with E-state index in [0.29, 0.717) is 13.1 Å². The Balaban J connectivity index is 1.48. The number of piperidine rings is 1. The Kier molecular flexibility index (Phi) is 3.74. The molecule has 0 aliphatic carbocycles. The molecule has 0 aromatic carbocycles. The summed E-state index contributed by atoms with van der Waals surface area (Å²) in [6.45, 7) is 2.92. The molecule has 3 rings (SSSR count). The fourth-order valence-corrected chi connectivity index (χ4v) is 2.57. The molecule has 9 heteroatoms. The molecule has 2 aliphatic heterocycles. The van der Waals surface area contributed by atoms with Crippen molar-refractivity contribution in [3.05, 3.63) is 11.9 Å². The molecule has 1 aromatic rings. The average molecular weight is 294 g/mol. The first-order valence-electron chi connectivity index (χ1n) is 7.05. The molecule has 0 bridgehead atoms. The van der Waals surface area contributed by atoms with Gasteiger partial charge in [0.25, 0.3) is 0 Å². The molecule has 2 aliphatic rings.